The van der Waals surface area contributed by atoms with E-state index in [1.54, 1.807) is 30.4 Å². The molecule has 0 saturated carbocycles. The highest BCUT2D eigenvalue weighted by molar-refractivity contribution is 6.30. The zero-order chi connectivity index (χ0) is 22.5. The van der Waals surface area contributed by atoms with Crippen molar-refractivity contribution in [2.45, 2.75) is 19.3 Å². The van der Waals surface area contributed by atoms with Gasteiger partial charge in [0, 0.05) is 62.1 Å². The molecular formula is C24H27ClN4O3. The first-order valence-electron chi connectivity index (χ1n) is 11.0. The van der Waals surface area contributed by atoms with Gasteiger partial charge in [-0.3, -0.25) is 14.9 Å². The number of anilines is 2. The van der Waals surface area contributed by atoms with Crippen LogP contribution in [-0.4, -0.2) is 55.0 Å². The van der Waals surface area contributed by atoms with Crippen LogP contribution in [0.1, 0.15) is 24.8 Å². The van der Waals surface area contributed by atoms with Crippen LogP contribution >= 0.6 is 11.6 Å². The molecule has 2 heterocycles. The third kappa shape index (κ3) is 5.22. The molecular weight excluding hydrogens is 428 g/mol. The summed E-state index contributed by atoms with van der Waals surface area (Å²) in [6.07, 6.45) is 6.69. The minimum Gasteiger partial charge on any atom is -0.368 e. The molecule has 32 heavy (non-hydrogen) atoms. The van der Waals surface area contributed by atoms with Crippen LogP contribution in [0.3, 0.4) is 0 Å². The van der Waals surface area contributed by atoms with Gasteiger partial charge in [-0.1, -0.05) is 23.7 Å². The topological polar surface area (TPSA) is 69.9 Å². The molecule has 0 aromatic heterocycles. The number of piperazine rings is 1. The molecule has 0 unspecified atom stereocenters. The summed E-state index contributed by atoms with van der Waals surface area (Å²) >= 11 is 5.90. The molecule has 0 spiro atoms. The fraction of sp³-hybridized carbons (Fsp3) is 0.375. The van der Waals surface area contributed by atoms with E-state index in [1.165, 1.54) is 6.42 Å². The van der Waals surface area contributed by atoms with Gasteiger partial charge in [0.25, 0.3) is 5.69 Å². The van der Waals surface area contributed by atoms with Crippen molar-refractivity contribution in [3.8, 4) is 0 Å². The average Bonchev–Trinajstić information content (AvgIpc) is 2.83. The first-order chi connectivity index (χ1) is 15.5. The maximum atomic E-state index is 12.6. The molecule has 0 N–H and O–H groups in total. The van der Waals surface area contributed by atoms with Gasteiger partial charge in [0.15, 0.2) is 0 Å². The number of halogens is 1. The number of nitro groups is 1. The summed E-state index contributed by atoms with van der Waals surface area (Å²) in [4.78, 5) is 30.0. The number of carbonyl (C=O) groups is 1. The normalized spacial score (nSPS) is 17.1. The largest absolute Gasteiger partial charge is 0.368 e. The molecule has 2 fully saturated rings. The summed E-state index contributed by atoms with van der Waals surface area (Å²) in [7, 11) is 0. The summed E-state index contributed by atoms with van der Waals surface area (Å²) in [6, 6.07) is 12.7. The quantitative estimate of drug-likeness (QED) is 0.375. The van der Waals surface area contributed by atoms with E-state index in [0.717, 1.165) is 37.2 Å². The molecule has 0 atom stereocenters. The van der Waals surface area contributed by atoms with Crippen molar-refractivity contribution in [3.63, 3.8) is 0 Å². The Hall–Kier alpha value is -3.06. The van der Waals surface area contributed by atoms with Crippen molar-refractivity contribution >= 4 is 40.6 Å². The van der Waals surface area contributed by atoms with Crippen LogP contribution in [0, 0.1) is 10.1 Å². The van der Waals surface area contributed by atoms with Crippen LogP contribution < -0.4 is 9.80 Å². The van der Waals surface area contributed by atoms with E-state index >= 15 is 0 Å². The second-order valence-corrected chi connectivity index (χ2v) is 8.61. The lowest BCUT2D eigenvalue weighted by molar-refractivity contribution is -0.384. The van der Waals surface area contributed by atoms with Crippen LogP contribution in [0.4, 0.5) is 17.1 Å². The Labute approximate surface area is 193 Å². The van der Waals surface area contributed by atoms with Gasteiger partial charge in [-0.05, 0) is 55.2 Å². The van der Waals surface area contributed by atoms with Crippen molar-refractivity contribution in [2.75, 3.05) is 49.1 Å². The molecule has 168 valence electrons. The van der Waals surface area contributed by atoms with Crippen LogP contribution in [0.25, 0.3) is 6.08 Å². The molecule has 0 bridgehead atoms. The molecule has 8 heteroatoms. The van der Waals surface area contributed by atoms with Crippen LogP contribution in [0.15, 0.2) is 48.5 Å². The Balaban J connectivity index is 1.40. The molecule has 0 aliphatic carbocycles. The van der Waals surface area contributed by atoms with Gasteiger partial charge in [-0.15, -0.1) is 0 Å². The number of carbonyl (C=O) groups excluding carboxylic acids is 1. The smallest absolute Gasteiger partial charge is 0.292 e. The number of amides is 1. The summed E-state index contributed by atoms with van der Waals surface area (Å²) in [5, 5.41) is 12.2. The maximum Gasteiger partial charge on any atom is 0.292 e. The molecule has 1 amide bonds. The number of hydrogen-bond acceptors (Lipinski definition) is 5. The third-order valence-corrected chi connectivity index (χ3v) is 6.35. The Bertz CT molecular complexity index is 995. The lowest BCUT2D eigenvalue weighted by Gasteiger charge is -2.36. The van der Waals surface area contributed by atoms with E-state index < -0.39 is 0 Å². The highest BCUT2D eigenvalue weighted by atomic mass is 35.5. The minimum absolute atomic E-state index is 0.0164. The molecule has 0 radical (unpaired) electrons. The van der Waals surface area contributed by atoms with E-state index in [-0.39, 0.29) is 16.5 Å². The van der Waals surface area contributed by atoms with Crippen LogP contribution in [0.5, 0.6) is 0 Å². The van der Waals surface area contributed by atoms with Crippen molar-refractivity contribution in [2.24, 2.45) is 0 Å². The summed E-state index contributed by atoms with van der Waals surface area (Å²) < 4.78 is 0. The Morgan fingerprint density at radius 3 is 2.25 bits per heavy atom. The van der Waals surface area contributed by atoms with Gasteiger partial charge in [0.2, 0.25) is 5.91 Å². The van der Waals surface area contributed by atoms with E-state index in [9.17, 15) is 14.9 Å². The lowest BCUT2D eigenvalue weighted by Crippen LogP contribution is -2.48. The van der Waals surface area contributed by atoms with Crippen LogP contribution in [-0.2, 0) is 4.79 Å². The zero-order valence-electron chi connectivity index (χ0n) is 18.0. The van der Waals surface area contributed by atoms with E-state index in [1.807, 2.05) is 29.2 Å². The minimum atomic E-state index is -0.294. The van der Waals surface area contributed by atoms with E-state index in [2.05, 4.69) is 9.80 Å². The summed E-state index contributed by atoms with van der Waals surface area (Å²) in [5.74, 6) is -0.0164. The Morgan fingerprint density at radius 2 is 1.59 bits per heavy atom. The average molecular weight is 455 g/mol. The first-order valence-corrected chi connectivity index (χ1v) is 11.4. The monoisotopic (exact) mass is 454 g/mol. The number of nitro benzene ring substituents is 1. The first kappa shape index (κ1) is 22.1. The molecule has 2 aliphatic rings. The SMILES string of the molecule is O=C(C=Cc1ccc(Cl)cc1)N1CCN(c2ccc([N+](=O)[O-])c(N3CCCCC3)c2)CC1. The second-order valence-electron chi connectivity index (χ2n) is 8.18. The summed E-state index contributed by atoms with van der Waals surface area (Å²) in [6.45, 7) is 4.31. The van der Waals surface area contributed by atoms with Crippen molar-refractivity contribution in [3.05, 3.63) is 69.2 Å². The highest BCUT2D eigenvalue weighted by Crippen LogP contribution is 2.34. The predicted molar refractivity (Wildman–Crippen MR) is 128 cm³/mol. The predicted octanol–water partition coefficient (Wildman–Crippen LogP) is 4.60. The maximum absolute atomic E-state index is 12.6. The standard InChI is InChI=1S/C24H27ClN4O3/c25-20-7-4-19(5-8-20)6-11-24(30)28-16-14-26(15-17-28)21-9-10-22(29(31)32)23(18-21)27-12-2-1-3-13-27/h4-11,18H,1-3,12-17H2. The highest BCUT2D eigenvalue weighted by Gasteiger charge is 2.25. The molecule has 2 aromatic rings. The fourth-order valence-corrected chi connectivity index (χ4v) is 4.41. The number of hydrogen-bond donors (Lipinski definition) is 0. The van der Waals surface area contributed by atoms with Crippen molar-refractivity contribution in [1.82, 2.24) is 4.90 Å². The van der Waals surface area contributed by atoms with E-state index in [4.69, 9.17) is 11.6 Å². The number of benzene rings is 2. The zero-order valence-corrected chi connectivity index (χ0v) is 18.7. The van der Waals surface area contributed by atoms with Gasteiger partial charge < -0.3 is 14.7 Å². The van der Waals surface area contributed by atoms with Gasteiger partial charge >= 0.3 is 0 Å². The number of nitrogens with zero attached hydrogens (tertiary/aromatic N) is 4. The Morgan fingerprint density at radius 1 is 0.906 bits per heavy atom. The summed E-state index contributed by atoms with van der Waals surface area (Å²) in [5.41, 5.74) is 2.77. The third-order valence-electron chi connectivity index (χ3n) is 6.10. The molecule has 7 nitrogen and oxygen atoms in total. The molecule has 2 saturated heterocycles. The van der Waals surface area contributed by atoms with Crippen molar-refractivity contribution < 1.29 is 9.72 Å². The molecule has 2 aliphatic heterocycles. The van der Waals surface area contributed by atoms with Gasteiger partial charge in [0.05, 0.1) is 4.92 Å². The van der Waals surface area contributed by atoms with E-state index in [0.29, 0.717) is 36.9 Å². The fourth-order valence-electron chi connectivity index (χ4n) is 4.28. The number of rotatable bonds is 5. The Kier molecular flexibility index (Phi) is 6.95. The number of piperidine rings is 1. The van der Waals surface area contributed by atoms with Gasteiger partial charge in [0.1, 0.15) is 5.69 Å². The van der Waals surface area contributed by atoms with Crippen molar-refractivity contribution in [1.29, 1.82) is 0 Å². The van der Waals surface area contributed by atoms with Crippen LogP contribution in [0.2, 0.25) is 5.02 Å². The molecule has 4 rings (SSSR count). The molecule has 2 aromatic carbocycles. The van der Waals surface area contributed by atoms with Gasteiger partial charge in [-0.25, -0.2) is 0 Å². The van der Waals surface area contributed by atoms with Gasteiger partial charge in [-0.2, -0.15) is 0 Å². The second kappa shape index (κ2) is 10.0. The lowest BCUT2D eigenvalue weighted by atomic mass is 10.1.